The van der Waals surface area contributed by atoms with Gasteiger partial charge in [-0.25, -0.2) is 0 Å². The zero-order valence-electron chi connectivity index (χ0n) is 17.9. The summed E-state index contributed by atoms with van der Waals surface area (Å²) in [6, 6.07) is 22.0. The predicted octanol–water partition coefficient (Wildman–Crippen LogP) is 4.77. The molecule has 0 spiro atoms. The van der Waals surface area contributed by atoms with Crippen LogP contribution in [-0.2, 0) is 17.9 Å². The van der Waals surface area contributed by atoms with Crippen LogP contribution in [0.1, 0.15) is 24.4 Å². The van der Waals surface area contributed by atoms with Crippen LogP contribution < -0.4 is 5.32 Å². The van der Waals surface area contributed by atoms with Crippen LogP contribution in [0.5, 0.6) is 0 Å². The molecule has 0 saturated carbocycles. The summed E-state index contributed by atoms with van der Waals surface area (Å²) in [7, 11) is 0. The molecule has 4 aromatic rings. The maximum Gasteiger partial charge on any atom is 0.228 e. The molecule has 0 aliphatic carbocycles. The molecule has 164 valence electrons. The van der Waals surface area contributed by atoms with Crippen LogP contribution in [0, 0.1) is 5.92 Å². The number of rotatable bonds is 6. The zero-order chi connectivity index (χ0) is 21.9. The molecule has 3 heterocycles. The SMILES string of the molecule is O=C(Nc1cccc(-c2cc3ccccc3[nH]2)c1)C1CCCN(Cc2ccc(CO)o2)C1. The van der Waals surface area contributed by atoms with Crippen molar-refractivity contribution >= 4 is 22.5 Å². The Morgan fingerprint density at radius 2 is 1.97 bits per heavy atom. The molecule has 1 fully saturated rings. The monoisotopic (exact) mass is 429 g/mol. The molecule has 1 unspecified atom stereocenters. The molecule has 1 aliphatic rings. The highest BCUT2D eigenvalue weighted by Crippen LogP contribution is 2.27. The first-order chi connectivity index (χ1) is 15.7. The van der Waals surface area contributed by atoms with E-state index in [0.717, 1.165) is 47.6 Å². The van der Waals surface area contributed by atoms with Gasteiger partial charge in [0, 0.05) is 34.4 Å². The minimum absolute atomic E-state index is 0.0546. The second-order valence-electron chi connectivity index (χ2n) is 8.44. The van der Waals surface area contributed by atoms with Gasteiger partial charge in [0.05, 0.1) is 12.5 Å². The quantitative estimate of drug-likeness (QED) is 0.412. The average molecular weight is 430 g/mol. The molecule has 2 aromatic carbocycles. The van der Waals surface area contributed by atoms with Gasteiger partial charge in [0.1, 0.15) is 18.1 Å². The number of para-hydroxylation sites is 1. The maximum atomic E-state index is 13.0. The number of nitrogens with one attached hydrogen (secondary N) is 2. The molecule has 1 atom stereocenters. The Kier molecular flexibility index (Phi) is 5.79. The van der Waals surface area contributed by atoms with Gasteiger partial charge in [0.2, 0.25) is 5.91 Å². The van der Waals surface area contributed by atoms with E-state index in [-0.39, 0.29) is 18.4 Å². The number of amides is 1. The van der Waals surface area contributed by atoms with E-state index in [1.165, 1.54) is 5.39 Å². The van der Waals surface area contributed by atoms with Crippen LogP contribution in [-0.4, -0.2) is 34.0 Å². The van der Waals surface area contributed by atoms with Crippen molar-refractivity contribution in [3.05, 3.63) is 78.3 Å². The van der Waals surface area contributed by atoms with Crippen molar-refractivity contribution in [2.24, 2.45) is 5.92 Å². The number of anilines is 1. The maximum absolute atomic E-state index is 13.0. The summed E-state index contributed by atoms with van der Waals surface area (Å²) in [4.78, 5) is 18.7. The van der Waals surface area contributed by atoms with Crippen LogP contribution in [0.2, 0.25) is 0 Å². The summed E-state index contributed by atoms with van der Waals surface area (Å²) in [5.41, 5.74) is 3.98. The third-order valence-electron chi connectivity index (χ3n) is 6.10. The highest BCUT2D eigenvalue weighted by Gasteiger charge is 2.26. The number of hydrogen-bond acceptors (Lipinski definition) is 4. The van der Waals surface area contributed by atoms with Crippen molar-refractivity contribution in [2.75, 3.05) is 18.4 Å². The molecule has 2 aromatic heterocycles. The number of likely N-dealkylation sites (tertiary alicyclic amines) is 1. The lowest BCUT2D eigenvalue weighted by molar-refractivity contribution is -0.121. The Balaban J connectivity index is 1.24. The molecule has 0 radical (unpaired) electrons. The van der Waals surface area contributed by atoms with Crippen LogP contribution in [0.3, 0.4) is 0 Å². The Labute approximate surface area is 186 Å². The second-order valence-corrected chi connectivity index (χ2v) is 8.44. The topological polar surface area (TPSA) is 81.5 Å². The van der Waals surface area contributed by atoms with E-state index in [9.17, 15) is 9.90 Å². The van der Waals surface area contributed by atoms with Crippen LogP contribution in [0.15, 0.2) is 71.1 Å². The molecular weight excluding hydrogens is 402 g/mol. The van der Waals surface area contributed by atoms with E-state index in [2.05, 4.69) is 33.4 Å². The summed E-state index contributed by atoms with van der Waals surface area (Å²) >= 11 is 0. The van der Waals surface area contributed by atoms with Crippen LogP contribution in [0.25, 0.3) is 22.2 Å². The standard InChI is InChI=1S/C26H27N3O3/c30-17-23-11-10-22(32-23)16-29-12-4-7-20(15-29)26(31)27-21-8-3-6-18(13-21)25-14-19-5-1-2-9-24(19)28-25/h1-3,5-6,8-11,13-14,20,28,30H,4,7,12,15-17H2,(H,27,31). The molecule has 6 nitrogen and oxygen atoms in total. The minimum atomic E-state index is -0.0946. The Morgan fingerprint density at radius 3 is 2.81 bits per heavy atom. The number of aliphatic hydroxyl groups is 1. The predicted molar refractivity (Wildman–Crippen MR) is 125 cm³/mol. The molecule has 32 heavy (non-hydrogen) atoms. The fourth-order valence-corrected chi connectivity index (χ4v) is 4.46. The van der Waals surface area contributed by atoms with Gasteiger partial charge in [-0.1, -0.05) is 30.3 Å². The molecule has 1 aliphatic heterocycles. The van der Waals surface area contributed by atoms with E-state index < -0.39 is 0 Å². The molecule has 1 amide bonds. The van der Waals surface area contributed by atoms with E-state index in [1.807, 2.05) is 42.5 Å². The summed E-state index contributed by atoms with van der Waals surface area (Å²) in [5.74, 6) is 1.38. The fraction of sp³-hybridized carbons (Fsp3) is 0.269. The number of benzene rings is 2. The van der Waals surface area contributed by atoms with Gasteiger partial charge in [-0.3, -0.25) is 9.69 Å². The highest BCUT2D eigenvalue weighted by atomic mass is 16.4. The van der Waals surface area contributed by atoms with Crippen LogP contribution >= 0.6 is 0 Å². The largest absolute Gasteiger partial charge is 0.462 e. The number of piperidine rings is 1. The summed E-state index contributed by atoms with van der Waals surface area (Å²) in [6.07, 6.45) is 1.85. The number of aliphatic hydroxyl groups excluding tert-OH is 1. The van der Waals surface area contributed by atoms with E-state index in [4.69, 9.17) is 4.42 Å². The summed E-state index contributed by atoms with van der Waals surface area (Å²) in [6.45, 7) is 2.19. The number of hydrogen-bond donors (Lipinski definition) is 3. The first-order valence-corrected chi connectivity index (χ1v) is 11.1. The van der Waals surface area contributed by atoms with Gasteiger partial charge in [-0.15, -0.1) is 0 Å². The second kappa shape index (κ2) is 9.02. The smallest absolute Gasteiger partial charge is 0.228 e. The average Bonchev–Trinajstić information content (AvgIpc) is 3.46. The number of aromatic nitrogens is 1. The third-order valence-corrected chi connectivity index (χ3v) is 6.10. The highest BCUT2D eigenvalue weighted by molar-refractivity contribution is 5.94. The number of fused-ring (bicyclic) bond motifs is 1. The van der Waals surface area contributed by atoms with Crippen molar-refractivity contribution in [3.63, 3.8) is 0 Å². The first kappa shape index (κ1) is 20.5. The van der Waals surface area contributed by atoms with Crippen molar-refractivity contribution < 1.29 is 14.3 Å². The lowest BCUT2D eigenvalue weighted by Crippen LogP contribution is -2.40. The molecule has 0 bridgehead atoms. The first-order valence-electron chi connectivity index (χ1n) is 11.1. The number of nitrogens with zero attached hydrogens (tertiary/aromatic N) is 1. The summed E-state index contributed by atoms with van der Waals surface area (Å²) in [5, 5.41) is 13.5. The number of H-pyrrole nitrogens is 1. The lowest BCUT2D eigenvalue weighted by Gasteiger charge is -2.31. The van der Waals surface area contributed by atoms with Gasteiger partial charge in [-0.2, -0.15) is 0 Å². The van der Waals surface area contributed by atoms with Gasteiger partial charge in [0.25, 0.3) is 0 Å². The Morgan fingerprint density at radius 1 is 1.09 bits per heavy atom. The molecule has 6 heteroatoms. The molecule has 1 saturated heterocycles. The van der Waals surface area contributed by atoms with E-state index in [1.54, 1.807) is 6.07 Å². The van der Waals surface area contributed by atoms with Gasteiger partial charge in [0.15, 0.2) is 0 Å². The van der Waals surface area contributed by atoms with Crippen molar-refractivity contribution in [1.29, 1.82) is 0 Å². The number of carbonyl (C=O) groups excluding carboxylic acids is 1. The fourth-order valence-electron chi connectivity index (χ4n) is 4.46. The number of furan rings is 1. The molecule has 3 N–H and O–H groups in total. The number of aromatic amines is 1. The zero-order valence-corrected chi connectivity index (χ0v) is 17.9. The summed E-state index contributed by atoms with van der Waals surface area (Å²) < 4.78 is 5.61. The van der Waals surface area contributed by atoms with Gasteiger partial charge < -0.3 is 19.8 Å². The molecule has 5 rings (SSSR count). The van der Waals surface area contributed by atoms with Crippen molar-refractivity contribution in [1.82, 2.24) is 9.88 Å². The lowest BCUT2D eigenvalue weighted by atomic mass is 9.97. The minimum Gasteiger partial charge on any atom is -0.462 e. The van der Waals surface area contributed by atoms with Gasteiger partial charge in [-0.05, 0) is 55.8 Å². The van der Waals surface area contributed by atoms with Crippen molar-refractivity contribution in [2.45, 2.75) is 26.0 Å². The molecular formula is C26H27N3O3. The normalized spacial score (nSPS) is 17.0. The van der Waals surface area contributed by atoms with Gasteiger partial charge >= 0.3 is 0 Å². The van der Waals surface area contributed by atoms with E-state index in [0.29, 0.717) is 18.8 Å². The Hall–Kier alpha value is -3.35. The van der Waals surface area contributed by atoms with Crippen LogP contribution in [0.4, 0.5) is 5.69 Å². The van der Waals surface area contributed by atoms with E-state index >= 15 is 0 Å². The third kappa shape index (κ3) is 4.47. The van der Waals surface area contributed by atoms with Crippen molar-refractivity contribution in [3.8, 4) is 11.3 Å². The Bertz CT molecular complexity index is 1190. The number of carbonyl (C=O) groups is 1.